The molecule has 0 unspecified atom stereocenters. The Hall–Kier alpha value is -1.03. The van der Waals surface area contributed by atoms with Crippen molar-refractivity contribution in [1.82, 2.24) is 29.7 Å². The molecule has 0 aromatic carbocycles. The first-order chi connectivity index (χ1) is 9.57. The van der Waals surface area contributed by atoms with Crippen LogP contribution in [0.1, 0.15) is 5.82 Å². The third-order valence-corrected chi connectivity index (χ3v) is 4.73. The molecule has 20 heavy (non-hydrogen) atoms. The first-order valence-electron chi connectivity index (χ1n) is 6.80. The lowest BCUT2D eigenvalue weighted by Gasteiger charge is -2.26. The largest absolute Gasteiger partial charge is 0.321 e. The van der Waals surface area contributed by atoms with Crippen molar-refractivity contribution in [2.24, 2.45) is 7.05 Å². The van der Waals surface area contributed by atoms with E-state index in [-0.39, 0.29) is 5.75 Å². The minimum atomic E-state index is -3.22. The van der Waals surface area contributed by atoms with Gasteiger partial charge in [0.1, 0.15) is 12.2 Å². The van der Waals surface area contributed by atoms with E-state index in [4.69, 9.17) is 0 Å². The average Bonchev–Trinajstić information content (AvgIpc) is 2.83. The Labute approximate surface area is 119 Å². The molecule has 2 heterocycles. The second kappa shape index (κ2) is 7.11. The molecule has 9 heteroatoms. The monoisotopic (exact) mass is 302 g/mol. The van der Waals surface area contributed by atoms with Crippen LogP contribution in [0, 0.1) is 0 Å². The Morgan fingerprint density at radius 1 is 1.40 bits per heavy atom. The SMILES string of the molecule is Cn1cnnc1CCNS(=O)(=O)CCN1CCNCC1. The highest BCUT2D eigenvalue weighted by Gasteiger charge is 2.15. The van der Waals surface area contributed by atoms with E-state index in [1.165, 1.54) is 0 Å². The summed E-state index contributed by atoms with van der Waals surface area (Å²) in [4.78, 5) is 2.17. The van der Waals surface area contributed by atoms with Gasteiger partial charge in [-0.3, -0.25) is 4.90 Å². The highest BCUT2D eigenvalue weighted by atomic mass is 32.2. The summed E-state index contributed by atoms with van der Waals surface area (Å²) in [6.45, 7) is 4.62. The predicted molar refractivity (Wildman–Crippen MR) is 75.8 cm³/mol. The van der Waals surface area contributed by atoms with Crippen LogP contribution in [0.5, 0.6) is 0 Å². The van der Waals surface area contributed by atoms with Gasteiger partial charge >= 0.3 is 0 Å². The molecule has 0 aliphatic carbocycles. The summed E-state index contributed by atoms with van der Waals surface area (Å²) in [5.74, 6) is 0.918. The normalized spacial score (nSPS) is 17.4. The van der Waals surface area contributed by atoms with E-state index in [0.717, 1.165) is 32.0 Å². The standard InChI is InChI=1S/C11H22N6O2S/c1-16-10-13-15-11(16)2-3-14-20(18,19)9-8-17-6-4-12-5-7-17/h10,12,14H,2-9H2,1H3. The summed E-state index contributed by atoms with van der Waals surface area (Å²) in [7, 11) is -1.38. The van der Waals surface area contributed by atoms with Crippen LogP contribution < -0.4 is 10.0 Å². The summed E-state index contributed by atoms with van der Waals surface area (Å²) in [5.41, 5.74) is 0. The van der Waals surface area contributed by atoms with E-state index in [0.29, 0.717) is 19.5 Å². The highest BCUT2D eigenvalue weighted by Crippen LogP contribution is 1.96. The number of nitrogens with zero attached hydrogens (tertiary/aromatic N) is 4. The van der Waals surface area contributed by atoms with Crippen molar-refractivity contribution in [2.45, 2.75) is 6.42 Å². The highest BCUT2D eigenvalue weighted by molar-refractivity contribution is 7.89. The Balaban J connectivity index is 1.69. The molecular formula is C11H22N6O2S. The lowest BCUT2D eigenvalue weighted by Crippen LogP contribution is -2.46. The average molecular weight is 302 g/mol. The minimum Gasteiger partial charge on any atom is -0.321 e. The lowest BCUT2D eigenvalue weighted by molar-refractivity contribution is 0.253. The fourth-order valence-corrected chi connectivity index (χ4v) is 3.16. The van der Waals surface area contributed by atoms with Crippen LogP contribution in [0.4, 0.5) is 0 Å². The van der Waals surface area contributed by atoms with Crippen molar-refractivity contribution in [1.29, 1.82) is 0 Å². The molecule has 1 aliphatic heterocycles. The second-order valence-corrected chi connectivity index (χ2v) is 6.84. The maximum atomic E-state index is 11.9. The van der Waals surface area contributed by atoms with Gasteiger partial charge in [0, 0.05) is 52.7 Å². The molecular weight excluding hydrogens is 280 g/mol. The van der Waals surface area contributed by atoms with Crippen LogP contribution in [-0.2, 0) is 23.5 Å². The molecule has 1 aromatic heterocycles. The van der Waals surface area contributed by atoms with Crippen LogP contribution in [0.3, 0.4) is 0 Å². The van der Waals surface area contributed by atoms with Crippen molar-refractivity contribution < 1.29 is 8.42 Å². The van der Waals surface area contributed by atoms with E-state index < -0.39 is 10.0 Å². The number of nitrogens with one attached hydrogen (secondary N) is 2. The summed E-state index contributed by atoms with van der Waals surface area (Å²) in [6, 6.07) is 0. The Morgan fingerprint density at radius 3 is 2.80 bits per heavy atom. The molecule has 1 aromatic rings. The van der Waals surface area contributed by atoms with Gasteiger partial charge in [-0.1, -0.05) is 0 Å². The fourth-order valence-electron chi connectivity index (χ4n) is 2.11. The van der Waals surface area contributed by atoms with Crippen LogP contribution in [0.15, 0.2) is 6.33 Å². The van der Waals surface area contributed by atoms with Crippen LogP contribution in [0.25, 0.3) is 0 Å². The van der Waals surface area contributed by atoms with Crippen molar-refractivity contribution in [3.05, 3.63) is 12.2 Å². The maximum absolute atomic E-state index is 11.9. The molecule has 8 nitrogen and oxygen atoms in total. The van der Waals surface area contributed by atoms with Gasteiger partial charge in [-0.15, -0.1) is 10.2 Å². The van der Waals surface area contributed by atoms with Gasteiger partial charge in [-0.25, -0.2) is 13.1 Å². The molecule has 0 atom stereocenters. The molecule has 0 radical (unpaired) electrons. The van der Waals surface area contributed by atoms with E-state index in [1.54, 1.807) is 10.9 Å². The topological polar surface area (TPSA) is 92.1 Å². The van der Waals surface area contributed by atoms with Crippen LogP contribution in [0.2, 0.25) is 0 Å². The Bertz CT molecular complexity index is 509. The molecule has 1 saturated heterocycles. The fraction of sp³-hybridized carbons (Fsp3) is 0.818. The number of piperazine rings is 1. The van der Waals surface area contributed by atoms with Crippen molar-refractivity contribution in [2.75, 3.05) is 45.0 Å². The van der Waals surface area contributed by atoms with Crippen LogP contribution >= 0.6 is 0 Å². The molecule has 2 N–H and O–H groups in total. The van der Waals surface area contributed by atoms with Crippen LogP contribution in [-0.4, -0.2) is 73.1 Å². The summed E-state index contributed by atoms with van der Waals surface area (Å²) >= 11 is 0. The van der Waals surface area contributed by atoms with Gasteiger partial charge in [0.15, 0.2) is 0 Å². The zero-order chi connectivity index (χ0) is 14.4. The van der Waals surface area contributed by atoms with Gasteiger partial charge in [-0.2, -0.15) is 0 Å². The Morgan fingerprint density at radius 2 is 2.15 bits per heavy atom. The number of hydrogen-bond donors (Lipinski definition) is 2. The van der Waals surface area contributed by atoms with Crippen molar-refractivity contribution in [3.8, 4) is 0 Å². The lowest BCUT2D eigenvalue weighted by atomic mass is 10.4. The maximum Gasteiger partial charge on any atom is 0.212 e. The minimum absolute atomic E-state index is 0.145. The molecule has 0 amide bonds. The van der Waals surface area contributed by atoms with E-state index in [1.807, 2.05) is 7.05 Å². The first-order valence-corrected chi connectivity index (χ1v) is 8.45. The molecule has 114 valence electrons. The summed E-state index contributed by atoms with van der Waals surface area (Å²) in [5, 5.41) is 10.9. The molecule has 1 aliphatic rings. The van der Waals surface area contributed by atoms with Gasteiger partial charge in [-0.05, 0) is 0 Å². The molecule has 0 saturated carbocycles. The third kappa shape index (κ3) is 4.82. The molecule has 2 rings (SSSR count). The van der Waals surface area contributed by atoms with Crippen molar-refractivity contribution >= 4 is 10.0 Å². The van der Waals surface area contributed by atoms with E-state index >= 15 is 0 Å². The Kier molecular flexibility index (Phi) is 5.46. The molecule has 1 fully saturated rings. The van der Waals surface area contributed by atoms with E-state index in [9.17, 15) is 8.42 Å². The number of hydrogen-bond acceptors (Lipinski definition) is 6. The van der Waals surface area contributed by atoms with Gasteiger partial charge in [0.25, 0.3) is 0 Å². The number of aromatic nitrogens is 3. The van der Waals surface area contributed by atoms with Gasteiger partial charge in [0.2, 0.25) is 10.0 Å². The third-order valence-electron chi connectivity index (χ3n) is 3.36. The summed E-state index contributed by atoms with van der Waals surface area (Å²) in [6.07, 6.45) is 2.15. The van der Waals surface area contributed by atoms with Crippen molar-refractivity contribution in [3.63, 3.8) is 0 Å². The molecule has 0 spiro atoms. The quantitative estimate of drug-likeness (QED) is 0.616. The second-order valence-electron chi connectivity index (χ2n) is 4.91. The van der Waals surface area contributed by atoms with Gasteiger partial charge < -0.3 is 9.88 Å². The molecule has 0 bridgehead atoms. The van der Waals surface area contributed by atoms with E-state index in [2.05, 4.69) is 25.1 Å². The number of sulfonamides is 1. The number of rotatable bonds is 7. The number of aryl methyl sites for hydroxylation is 1. The predicted octanol–water partition coefficient (Wildman–Crippen LogP) is -1.82. The zero-order valence-corrected chi connectivity index (χ0v) is 12.6. The smallest absolute Gasteiger partial charge is 0.212 e. The zero-order valence-electron chi connectivity index (χ0n) is 11.7. The first kappa shape index (κ1) is 15.4. The van der Waals surface area contributed by atoms with Gasteiger partial charge in [0.05, 0.1) is 5.75 Å². The summed E-state index contributed by atoms with van der Waals surface area (Å²) < 4.78 is 28.2.